The maximum absolute atomic E-state index is 11.4. The van der Waals surface area contributed by atoms with Crippen LogP contribution in [0, 0.1) is 0 Å². The van der Waals surface area contributed by atoms with E-state index in [-0.39, 0.29) is 36.5 Å². The lowest BCUT2D eigenvalue weighted by Crippen LogP contribution is -2.30. The average Bonchev–Trinajstić information content (AvgIpc) is 2.32. The Morgan fingerprint density at radius 3 is 2.74 bits per heavy atom. The molecule has 4 N–H and O–H groups in total. The Morgan fingerprint density at radius 2 is 2.11 bits per heavy atom. The van der Waals surface area contributed by atoms with Crippen LogP contribution in [0.25, 0.3) is 0 Å². The summed E-state index contributed by atoms with van der Waals surface area (Å²) >= 11 is 0. The average molecular weight is 268 g/mol. The largest absolute Gasteiger partial charge is 0.461 e. The van der Waals surface area contributed by atoms with Crippen LogP contribution in [0.1, 0.15) is 27.2 Å². The molecule has 1 rings (SSSR count). The van der Waals surface area contributed by atoms with Gasteiger partial charge in [0.25, 0.3) is 0 Å². The van der Waals surface area contributed by atoms with Crippen LogP contribution in [0.5, 0.6) is 6.01 Å². The highest BCUT2D eigenvalue weighted by Gasteiger charge is 2.08. The molecule has 8 heteroatoms. The van der Waals surface area contributed by atoms with Crippen LogP contribution in [0.3, 0.4) is 0 Å². The number of nitrogen functional groups attached to an aromatic ring is 1. The molecule has 0 unspecified atom stereocenters. The van der Waals surface area contributed by atoms with E-state index >= 15 is 0 Å². The summed E-state index contributed by atoms with van der Waals surface area (Å²) < 4.78 is 5.32. The zero-order chi connectivity index (χ0) is 14.3. The van der Waals surface area contributed by atoms with Crippen molar-refractivity contribution in [3.8, 4) is 6.01 Å². The van der Waals surface area contributed by atoms with E-state index in [0.717, 1.165) is 6.42 Å². The van der Waals surface area contributed by atoms with E-state index in [2.05, 4.69) is 25.6 Å². The van der Waals surface area contributed by atoms with Gasteiger partial charge in [0.05, 0.1) is 12.6 Å². The molecule has 1 aromatic heterocycles. The summed E-state index contributed by atoms with van der Waals surface area (Å²) in [6.45, 7) is 6.40. The summed E-state index contributed by atoms with van der Waals surface area (Å²) in [5.41, 5.74) is 5.54. The number of anilines is 2. The minimum atomic E-state index is -0.132. The zero-order valence-electron chi connectivity index (χ0n) is 11.4. The van der Waals surface area contributed by atoms with Crippen molar-refractivity contribution in [2.45, 2.75) is 33.3 Å². The highest BCUT2D eigenvalue weighted by molar-refractivity contribution is 5.80. The normalized spacial score (nSPS) is 10.3. The molecule has 0 aliphatic heterocycles. The number of amides is 1. The molecule has 0 aliphatic rings. The number of nitrogens with two attached hydrogens (primary N) is 1. The minimum Gasteiger partial charge on any atom is -0.461 e. The number of ether oxygens (including phenoxy) is 1. The van der Waals surface area contributed by atoms with Gasteiger partial charge in [-0.1, -0.05) is 6.92 Å². The Labute approximate surface area is 112 Å². The second kappa shape index (κ2) is 7.34. The smallest absolute Gasteiger partial charge is 0.323 e. The molecule has 0 spiro atoms. The molecule has 0 radical (unpaired) electrons. The first-order valence-electron chi connectivity index (χ1n) is 6.20. The lowest BCUT2D eigenvalue weighted by atomic mass is 10.4. The maximum Gasteiger partial charge on any atom is 0.323 e. The Hall–Kier alpha value is -2.12. The fourth-order valence-corrected chi connectivity index (χ4v) is 1.20. The van der Waals surface area contributed by atoms with Crippen molar-refractivity contribution in [3.05, 3.63) is 0 Å². The van der Waals surface area contributed by atoms with Crippen molar-refractivity contribution in [2.24, 2.45) is 0 Å². The molecule has 1 amide bonds. The number of carbonyl (C=O) groups is 1. The van der Waals surface area contributed by atoms with E-state index < -0.39 is 0 Å². The molecule has 0 aliphatic carbocycles. The van der Waals surface area contributed by atoms with Gasteiger partial charge in [0, 0.05) is 6.54 Å². The lowest BCUT2D eigenvalue weighted by Gasteiger charge is -2.10. The summed E-state index contributed by atoms with van der Waals surface area (Å²) in [4.78, 5) is 23.1. The number of nitrogens with one attached hydrogen (secondary N) is 2. The van der Waals surface area contributed by atoms with Gasteiger partial charge in [0.15, 0.2) is 0 Å². The topological polar surface area (TPSA) is 115 Å². The first kappa shape index (κ1) is 14.9. The SMILES string of the molecule is CCCNC(=O)CNc1nc(N)nc(OC(C)C)n1. The number of nitrogens with zero attached hydrogens (tertiary/aromatic N) is 3. The fraction of sp³-hybridized carbons (Fsp3) is 0.636. The molecule has 0 bridgehead atoms. The van der Waals surface area contributed by atoms with Gasteiger partial charge in [-0.2, -0.15) is 15.0 Å². The molecular weight excluding hydrogens is 248 g/mol. The van der Waals surface area contributed by atoms with E-state index in [1.165, 1.54) is 0 Å². The Bertz CT molecular complexity index is 424. The summed E-state index contributed by atoms with van der Waals surface area (Å²) in [6, 6.07) is 0.138. The van der Waals surface area contributed by atoms with Crippen molar-refractivity contribution < 1.29 is 9.53 Å². The van der Waals surface area contributed by atoms with Crippen LogP contribution in [-0.2, 0) is 4.79 Å². The number of rotatable bonds is 7. The number of carbonyl (C=O) groups excluding carboxylic acids is 1. The molecule has 0 aromatic carbocycles. The zero-order valence-corrected chi connectivity index (χ0v) is 11.4. The molecule has 0 fully saturated rings. The minimum absolute atomic E-state index is 0.0436. The molecular formula is C11H20N6O2. The van der Waals surface area contributed by atoms with Gasteiger partial charge in [-0.3, -0.25) is 4.79 Å². The van der Waals surface area contributed by atoms with Gasteiger partial charge in [0.1, 0.15) is 0 Å². The predicted molar refractivity (Wildman–Crippen MR) is 71.8 cm³/mol. The first-order valence-corrected chi connectivity index (χ1v) is 6.20. The van der Waals surface area contributed by atoms with Crippen molar-refractivity contribution >= 4 is 17.8 Å². The molecule has 0 saturated carbocycles. The van der Waals surface area contributed by atoms with Crippen LogP contribution in [0.2, 0.25) is 0 Å². The number of hydrogen-bond donors (Lipinski definition) is 3. The Morgan fingerprint density at radius 1 is 1.37 bits per heavy atom. The van der Waals surface area contributed by atoms with Crippen molar-refractivity contribution in [1.82, 2.24) is 20.3 Å². The standard InChI is InChI=1S/C11H20N6O2/c1-4-5-13-8(18)6-14-10-15-9(12)16-11(17-10)19-7(2)3/h7H,4-6H2,1-3H3,(H,13,18)(H3,12,14,15,16,17). The van der Waals surface area contributed by atoms with Crippen molar-refractivity contribution in [3.63, 3.8) is 0 Å². The van der Waals surface area contributed by atoms with E-state index in [1.807, 2.05) is 20.8 Å². The highest BCUT2D eigenvalue weighted by Crippen LogP contribution is 2.09. The molecule has 8 nitrogen and oxygen atoms in total. The first-order chi connectivity index (χ1) is 9.01. The molecule has 1 aromatic rings. The van der Waals surface area contributed by atoms with Crippen LogP contribution in [-0.4, -0.2) is 40.1 Å². The summed E-state index contributed by atoms with van der Waals surface area (Å²) in [6.07, 6.45) is 0.819. The van der Waals surface area contributed by atoms with Gasteiger partial charge in [-0.05, 0) is 20.3 Å². The van der Waals surface area contributed by atoms with Gasteiger partial charge >= 0.3 is 6.01 Å². The third kappa shape index (κ3) is 5.84. The van der Waals surface area contributed by atoms with Crippen molar-refractivity contribution in [1.29, 1.82) is 0 Å². The Kier molecular flexibility index (Phi) is 5.77. The summed E-state index contributed by atoms with van der Waals surface area (Å²) in [5.74, 6) is 0.129. The molecule has 106 valence electrons. The van der Waals surface area contributed by atoms with Crippen LogP contribution in [0.15, 0.2) is 0 Å². The molecule has 1 heterocycles. The highest BCUT2D eigenvalue weighted by atomic mass is 16.5. The fourth-order valence-electron chi connectivity index (χ4n) is 1.20. The van der Waals surface area contributed by atoms with Crippen LogP contribution >= 0.6 is 0 Å². The van der Waals surface area contributed by atoms with E-state index in [0.29, 0.717) is 6.54 Å². The third-order valence-electron chi connectivity index (χ3n) is 1.95. The number of aromatic nitrogens is 3. The number of hydrogen-bond acceptors (Lipinski definition) is 7. The second-order valence-corrected chi connectivity index (χ2v) is 4.17. The lowest BCUT2D eigenvalue weighted by molar-refractivity contribution is -0.119. The monoisotopic (exact) mass is 268 g/mol. The summed E-state index contributed by atoms with van der Waals surface area (Å²) in [7, 11) is 0. The van der Waals surface area contributed by atoms with Gasteiger partial charge in [0.2, 0.25) is 17.8 Å². The maximum atomic E-state index is 11.4. The summed E-state index contributed by atoms with van der Waals surface area (Å²) in [5, 5.41) is 5.50. The molecule has 0 atom stereocenters. The predicted octanol–water partition coefficient (Wildman–Crippen LogP) is 0.179. The van der Waals surface area contributed by atoms with E-state index in [1.54, 1.807) is 0 Å². The van der Waals surface area contributed by atoms with Gasteiger partial charge in [-0.15, -0.1) is 0 Å². The third-order valence-corrected chi connectivity index (χ3v) is 1.95. The Balaban J connectivity index is 2.57. The quantitative estimate of drug-likeness (QED) is 0.646. The van der Waals surface area contributed by atoms with Crippen molar-refractivity contribution in [2.75, 3.05) is 24.1 Å². The second-order valence-electron chi connectivity index (χ2n) is 4.17. The van der Waals surface area contributed by atoms with Gasteiger partial charge < -0.3 is 21.1 Å². The molecule has 19 heavy (non-hydrogen) atoms. The van der Waals surface area contributed by atoms with Crippen LogP contribution in [0.4, 0.5) is 11.9 Å². The van der Waals surface area contributed by atoms with E-state index in [4.69, 9.17) is 10.5 Å². The molecule has 0 saturated heterocycles. The van der Waals surface area contributed by atoms with E-state index in [9.17, 15) is 4.79 Å². The van der Waals surface area contributed by atoms with Gasteiger partial charge in [-0.25, -0.2) is 0 Å². The van der Waals surface area contributed by atoms with Crippen LogP contribution < -0.4 is 21.1 Å².